The molecule has 118 valence electrons. The van der Waals surface area contributed by atoms with Crippen molar-refractivity contribution in [3.05, 3.63) is 72.6 Å². The van der Waals surface area contributed by atoms with Crippen molar-refractivity contribution in [2.75, 3.05) is 5.73 Å². The molecule has 5 heteroatoms. The maximum atomic E-state index is 8.91. The van der Waals surface area contributed by atoms with Crippen LogP contribution in [-0.2, 0) is 0 Å². The van der Waals surface area contributed by atoms with E-state index in [9.17, 15) is 0 Å². The average Bonchev–Trinajstić information content (AvgIpc) is 2.68. The summed E-state index contributed by atoms with van der Waals surface area (Å²) in [5.41, 5.74) is 10.4. The first-order valence-corrected chi connectivity index (χ1v) is 7.73. The van der Waals surface area contributed by atoms with Gasteiger partial charge in [0.15, 0.2) is 5.82 Å². The number of nitriles is 1. The number of fused-ring (bicyclic) bond motifs is 1. The van der Waals surface area contributed by atoms with Crippen molar-refractivity contribution in [3.63, 3.8) is 0 Å². The van der Waals surface area contributed by atoms with Gasteiger partial charge in [0.1, 0.15) is 5.82 Å². The maximum Gasteiger partial charge on any atom is 0.163 e. The summed E-state index contributed by atoms with van der Waals surface area (Å²) < 4.78 is 0. The predicted octanol–water partition coefficient (Wildman–Crippen LogP) is 3.81. The quantitative estimate of drug-likeness (QED) is 0.606. The lowest BCUT2D eigenvalue weighted by atomic mass is 10.0. The van der Waals surface area contributed by atoms with E-state index in [1.165, 1.54) is 0 Å². The first-order valence-electron chi connectivity index (χ1n) is 7.73. The lowest BCUT2D eigenvalue weighted by Gasteiger charge is -2.08. The number of pyridine rings is 1. The summed E-state index contributed by atoms with van der Waals surface area (Å²) in [7, 11) is 0. The molecule has 0 radical (unpaired) electrons. The van der Waals surface area contributed by atoms with Gasteiger partial charge in [-0.1, -0.05) is 18.2 Å². The van der Waals surface area contributed by atoms with E-state index in [1.807, 2.05) is 42.5 Å². The van der Waals surface area contributed by atoms with E-state index in [0.29, 0.717) is 17.2 Å². The van der Waals surface area contributed by atoms with E-state index in [0.717, 1.165) is 27.6 Å². The zero-order valence-corrected chi connectivity index (χ0v) is 13.2. The lowest BCUT2D eigenvalue weighted by Crippen LogP contribution is -1.98. The van der Waals surface area contributed by atoms with Crippen molar-refractivity contribution in [2.24, 2.45) is 0 Å². The van der Waals surface area contributed by atoms with Crippen LogP contribution in [0.25, 0.3) is 33.4 Å². The Morgan fingerprint density at radius 2 is 1.68 bits per heavy atom. The molecule has 4 aromatic rings. The SMILES string of the molecule is N#Cc1ccc(-c2ccc3nc(-c4cccnc4)nc(N)c3c2)cc1. The molecule has 0 aliphatic heterocycles. The number of benzene rings is 2. The van der Waals surface area contributed by atoms with Crippen LogP contribution >= 0.6 is 0 Å². The minimum Gasteiger partial charge on any atom is -0.383 e. The normalized spacial score (nSPS) is 10.5. The van der Waals surface area contributed by atoms with E-state index in [4.69, 9.17) is 11.0 Å². The third-order valence-corrected chi connectivity index (χ3v) is 3.99. The maximum absolute atomic E-state index is 8.91. The van der Waals surface area contributed by atoms with Crippen LogP contribution in [0.4, 0.5) is 5.82 Å². The van der Waals surface area contributed by atoms with Crippen LogP contribution in [0.1, 0.15) is 5.56 Å². The van der Waals surface area contributed by atoms with Gasteiger partial charge in [0, 0.05) is 23.3 Å². The van der Waals surface area contributed by atoms with E-state index >= 15 is 0 Å². The second-order valence-electron chi connectivity index (χ2n) is 5.60. The van der Waals surface area contributed by atoms with Gasteiger partial charge in [-0.2, -0.15) is 5.26 Å². The Hall–Kier alpha value is -3.78. The second-order valence-corrected chi connectivity index (χ2v) is 5.60. The minimum absolute atomic E-state index is 0.430. The Bertz CT molecular complexity index is 1100. The van der Waals surface area contributed by atoms with Gasteiger partial charge in [0.25, 0.3) is 0 Å². The van der Waals surface area contributed by atoms with Crippen molar-refractivity contribution in [2.45, 2.75) is 0 Å². The van der Waals surface area contributed by atoms with E-state index in [2.05, 4.69) is 21.0 Å². The summed E-state index contributed by atoms with van der Waals surface area (Å²) in [6, 6.07) is 19.2. The number of hydrogen-bond donors (Lipinski definition) is 1. The van der Waals surface area contributed by atoms with Crippen LogP contribution in [-0.4, -0.2) is 15.0 Å². The summed E-state index contributed by atoms with van der Waals surface area (Å²) in [6.07, 6.45) is 3.42. The summed E-state index contributed by atoms with van der Waals surface area (Å²) in [6.45, 7) is 0. The summed E-state index contributed by atoms with van der Waals surface area (Å²) in [4.78, 5) is 13.1. The molecule has 0 aliphatic carbocycles. The van der Waals surface area contributed by atoms with Crippen LogP contribution in [0.15, 0.2) is 67.0 Å². The van der Waals surface area contributed by atoms with Gasteiger partial charge in [-0.3, -0.25) is 4.98 Å². The highest BCUT2D eigenvalue weighted by molar-refractivity contribution is 5.93. The molecule has 5 nitrogen and oxygen atoms in total. The van der Waals surface area contributed by atoms with Crippen molar-refractivity contribution in [1.82, 2.24) is 15.0 Å². The number of anilines is 1. The number of aromatic nitrogens is 3. The topological polar surface area (TPSA) is 88.5 Å². The van der Waals surface area contributed by atoms with Gasteiger partial charge in [-0.15, -0.1) is 0 Å². The Balaban J connectivity index is 1.81. The molecule has 25 heavy (non-hydrogen) atoms. The molecular formula is C20H13N5. The number of rotatable bonds is 2. The molecule has 0 aliphatic rings. The molecule has 2 aromatic carbocycles. The fraction of sp³-hybridized carbons (Fsp3) is 0. The Kier molecular flexibility index (Phi) is 3.56. The third-order valence-electron chi connectivity index (χ3n) is 3.99. The first kappa shape index (κ1) is 14.8. The standard InChI is InChI=1S/C20H13N5/c21-11-13-3-5-14(6-4-13)15-7-8-18-17(10-15)19(22)25-20(24-18)16-2-1-9-23-12-16/h1-10,12H,(H2,22,24,25). The van der Waals surface area contributed by atoms with Gasteiger partial charge < -0.3 is 5.73 Å². The molecule has 0 bridgehead atoms. The molecule has 2 heterocycles. The van der Waals surface area contributed by atoms with Crippen molar-refractivity contribution in [1.29, 1.82) is 5.26 Å². The highest BCUT2D eigenvalue weighted by Gasteiger charge is 2.09. The molecule has 2 N–H and O–H groups in total. The molecule has 0 saturated carbocycles. The third kappa shape index (κ3) is 2.77. The van der Waals surface area contributed by atoms with E-state index in [-0.39, 0.29) is 0 Å². The van der Waals surface area contributed by atoms with Crippen LogP contribution in [0, 0.1) is 11.3 Å². The molecule has 0 atom stereocenters. The number of hydrogen-bond acceptors (Lipinski definition) is 5. The van der Waals surface area contributed by atoms with Crippen molar-refractivity contribution < 1.29 is 0 Å². The number of nitrogen functional groups attached to an aromatic ring is 1. The van der Waals surface area contributed by atoms with E-state index in [1.54, 1.807) is 24.5 Å². The Morgan fingerprint density at radius 3 is 2.40 bits per heavy atom. The predicted molar refractivity (Wildman–Crippen MR) is 97.3 cm³/mol. The summed E-state index contributed by atoms with van der Waals surface area (Å²) in [5, 5.41) is 9.71. The lowest BCUT2D eigenvalue weighted by molar-refractivity contribution is 1.21. The molecule has 0 unspecified atom stereocenters. The van der Waals surface area contributed by atoms with E-state index < -0.39 is 0 Å². The minimum atomic E-state index is 0.430. The van der Waals surface area contributed by atoms with Crippen molar-refractivity contribution >= 4 is 16.7 Å². The largest absolute Gasteiger partial charge is 0.383 e. The van der Waals surface area contributed by atoms with Gasteiger partial charge in [-0.05, 0) is 47.5 Å². The average molecular weight is 323 g/mol. The Morgan fingerprint density at radius 1 is 0.880 bits per heavy atom. The fourth-order valence-electron chi connectivity index (χ4n) is 2.69. The number of nitrogens with two attached hydrogens (primary N) is 1. The van der Waals surface area contributed by atoms with Crippen LogP contribution in [0.5, 0.6) is 0 Å². The Labute approximate surface area is 144 Å². The smallest absolute Gasteiger partial charge is 0.163 e. The molecule has 0 saturated heterocycles. The summed E-state index contributed by atoms with van der Waals surface area (Å²) >= 11 is 0. The van der Waals surface area contributed by atoms with Gasteiger partial charge in [-0.25, -0.2) is 9.97 Å². The van der Waals surface area contributed by atoms with Gasteiger partial charge in [0.2, 0.25) is 0 Å². The van der Waals surface area contributed by atoms with Crippen LogP contribution in [0.3, 0.4) is 0 Å². The van der Waals surface area contributed by atoms with Gasteiger partial charge >= 0.3 is 0 Å². The molecule has 2 aromatic heterocycles. The monoisotopic (exact) mass is 323 g/mol. The van der Waals surface area contributed by atoms with Crippen LogP contribution < -0.4 is 5.73 Å². The highest BCUT2D eigenvalue weighted by Crippen LogP contribution is 2.28. The van der Waals surface area contributed by atoms with Gasteiger partial charge in [0.05, 0.1) is 17.1 Å². The molecule has 0 fully saturated rings. The van der Waals surface area contributed by atoms with Crippen LogP contribution in [0.2, 0.25) is 0 Å². The second kappa shape index (κ2) is 6.02. The molecule has 0 amide bonds. The first-order chi connectivity index (χ1) is 12.2. The fourth-order valence-corrected chi connectivity index (χ4v) is 2.69. The zero-order valence-electron chi connectivity index (χ0n) is 13.2. The summed E-state index contributed by atoms with van der Waals surface area (Å²) in [5.74, 6) is 0.989. The molecule has 0 spiro atoms. The molecule has 4 rings (SSSR count). The van der Waals surface area contributed by atoms with Crippen molar-refractivity contribution in [3.8, 4) is 28.6 Å². The number of nitrogens with zero attached hydrogens (tertiary/aromatic N) is 4. The zero-order chi connectivity index (χ0) is 17.2. The molecular weight excluding hydrogens is 310 g/mol. The highest BCUT2D eigenvalue weighted by atomic mass is 14.9.